The molecule has 5 nitrogen and oxygen atoms in total. The Balaban J connectivity index is 4.41. The van der Waals surface area contributed by atoms with E-state index in [0.29, 0.717) is 6.42 Å². The quantitative estimate of drug-likeness (QED) is 0.683. The lowest BCUT2D eigenvalue weighted by Crippen LogP contribution is -2.39. The summed E-state index contributed by atoms with van der Waals surface area (Å²) in [5, 5.41) is 16.5. The minimum atomic E-state index is -3.55. The predicted molar refractivity (Wildman–Crippen MR) is 66.7 cm³/mol. The molecular weight excluding hydrogens is 240 g/mol. The zero-order chi connectivity index (χ0) is 13.5. The van der Waals surface area contributed by atoms with Crippen molar-refractivity contribution < 1.29 is 13.5 Å². The molecule has 0 amide bonds. The third kappa shape index (κ3) is 6.01. The Kier molecular flexibility index (Phi) is 6.68. The highest BCUT2D eigenvalue weighted by Crippen LogP contribution is 2.21. The summed E-state index contributed by atoms with van der Waals surface area (Å²) in [7, 11) is -3.55. The topological polar surface area (TPSA) is 90.2 Å². The first-order chi connectivity index (χ1) is 7.79. The zero-order valence-electron chi connectivity index (χ0n) is 10.7. The zero-order valence-corrected chi connectivity index (χ0v) is 11.5. The molecule has 2 N–H and O–H groups in total. The summed E-state index contributed by atoms with van der Waals surface area (Å²) >= 11 is 0. The summed E-state index contributed by atoms with van der Waals surface area (Å²) in [6.07, 6.45) is 1.66. The lowest BCUT2D eigenvalue weighted by molar-refractivity contribution is 0.242. The van der Waals surface area contributed by atoms with E-state index in [9.17, 15) is 8.42 Å². The average molecular weight is 262 g/mol. The van der Waals surface area contributed by atoms with Crippen LogP contribution in [0.15, 0.2) is 0 Å². The van der Waals surface area contributed by atoms with E-state index in [-0.39, 0.29) is 25.0 Å². The number of aliphatic hydroxyl groups is 1. The van der Waals surface area contributed by atoms with Crippen molar-refractivity contribution in [3.8, 4) is 6.07 Å². The molecule has 0 saturated heterocycles. The van der Waals surface area contributed by atoms with E-state index in [1.807, 2.05) is 13.8 Å². The molecule has 0 aliphatic rings. The SMILES string of the molecule is CCC(C#N)S(=O)(=O)NCC(C)(C)CCCO. The van der Waals surface area contributed by atoms with Gasteiger partial charge in [0, 0.05) is 13.2 Å². The number of sulfonamides is 1. The van der Waals surface area contributed by atoms with Crippen molar-refractivity contribution >= 4 is 10.0 Å². The fourth-order valence-electron chi connectivity index (χ4n) is 1.42. The van der Waals surface area contributed by atoms with Gasteiger partial charge in [-0.15, -0.1) is 0 Å². The molecule has 0 fully saturated rings. The number of hydrogen-bond donors (Lipinski definition) is 2. The Bertz CT molecular complexity index is 357. The van der Waals surface area contributed by atoms with Crippen LogP contribution in [-0.4, -0.2) is 31.9 Å². The second kappa shape index (κ2) is 6.94. The van der Waals surface area contributed by atoms with Crippen LogP contribution in [0.3, 0.4) is 0 Å². The van der Waals surface area contributed by atoms with Crippen LogP contribution in [0.25, 0.3) is 0 Å². The third-order valence-electron chi connectivity index (χ3n) is 2.65. The van der Waals surface area contributed by atoms with E-state index < -0.39 is 15.3 Å². The molecule has 1 unspecified atom stereocenters. The molecule has 0 radical (unpaired) electrons. The Hall–Kier alpha value is -0.640. The van der Waals surface area contributed by atoms with Crippen molar-refractivity contribution in [2.24, 2.45) is 5.41 Å². The lowest BCUT2D eigenvalue weighted by atomic mass is 9.88. The monoisotopic (exact) mass is 262 g/mol. The highest BCUT2D eigenvalue weighted by molar-refractivity contribution is 7.90. The number of rotatable bonds is 8. The molecular formula is C11H22N2O3S. The first-order valence-corrected chi connectivity index (χ1v) is 7.32. The Labute approximate surface area is 104 Å². The number of aliphatic hydroxyl groups excluding tert-OH is 1. The molecule has 1 atom stereocenters. The molecule has 100 valence electrons. The van der Waals surface area contributed by atoms with E-state index >= 15 is 0 Å². The molecule has 0 aliphatic heterocycles. The maximum atomic E-state index is 11.7. The molecule has 0 heterocycles. The van der Waals surface area contributed by atoms with Gasteiger partial charge in [-0.05, 0) is 24.7 Å². The summed E-state index contributed by atoms with van der Waals surface area (Å²) in [6.45, 7) is 5.92. The number of nitriles is 1. The van der Waals surface area contributed by atoms with Crippen LogP contribution in [0.4, 0.5) is 0 Å². The van der Waals surface area contributed by atoms with E-state index in [2.05, 4.69) is 4.72 Å². The second-order valence-electron chi connectivity index (χ2n) is 4.88. The van der Waals surface area contributed by atoms with Gasteiger partial charge < -0.3 is 5.11 Å². The van der Waals surface area contributed by atoms with Gasteiger partial charge in [-0.1, -0.05) is 20.8 Å². The minimum absolute atomic E-state index is 0.103. The number of nitrogens with one attached hydrogen (secondary N) is 1. The van der Waals surface area contributed by atoms with Crippen molar-refractivity contribution in [2.75, 3.05) is 13.2 Å². The maximum Gasteiger partial charge on any atom is 0.227 e. The van der Waals surface area contributed by atoms with Gasteiger partial charge in [-0.3, -0.25) is 0 Å². The van der Waals surface area contributed by atoms with Crippen LogP contribution in [0.5, 0.6) is 0 Å². The summed E-state index contributed by atoms with van der Waals surface area (Å²) in [5.41, 5.74) is -0.219. The lowest BCUT2D eigenvalue weighted by Gasteiger charge is -2.25. The molecule has 0 aromatic rings. The van der Waals surface area contributed by atoms with Gasteiger partial charge in [0.25, 0.3) is 0 Å². The van der Waals surface area contributed by atoms with Crippen molar-refractivity contribution in [2.45, 2.75) is 45.3 Å². The molecule has 0 rings (SSSR count). The van der Waals surface area contributed by atoms with Gasteiger partial charge in [0.05, 0.1) is 6.07 Å². The van der Waals surface area contributed by atoms with E-state index in [1.165, 1.54) is 0 Å². The number of hydrogen-bond acceptors (Lipinski definition) is 4. The van der Waals surface area contributed by atoms with Crippen molar-refractivity contribution in [3.63, 3.8) is 0 Å². The van der Waals surface area contributed by atoms with Gasteiger partial charge in [0.2, 0.25) is 10.0 Å². The molecule has 0 saturated carbocycles. The smallest absolute Gasteiger partial charge is 0.227 e. The van der Waals surface area contributed by atoms with Crippen molar-refractivity contribution in [3.05, 3.63) is 0 Å². The average Bonchev–Trinajstić information content (AvgIpc) is 2.25. The highest BCUT2D eigenvalue weighted by atomic mass is 32.2. The van der Waals surface area contributed by atoms with Gasteiger partial charge in [-0.2, -0.15) is 5.26 Å². The molecule has 0 aliphatic carbocycles. The maximum absolute atomic E-state index is 11.7. The first-order valence-electron chi connectivity index (χ1n) is 5.78. The van der Waals surface area contributed by atoms with Crippen LogP contribution in [0, 0.1) is 16.7 Å². The fourth-order valence-corrected chi connectivity index (χ4v) is 2.79. The molecule has 6 heteroatoms. The van der Waals surface area contributed by atoms with Gasteiger partial charge in [-0.25, -0.2) is 13.1 Å². The summed E-state index contributed by atoms with van der Waals surface area (Å²) in [5.74, 6) is 0. The molecule has 0 aromatic carbocycles. The summed E-state index contributed by atoms with van der Waals surface area (Å²) < 4.78 is 25.9. The van der Waals surface area contributed by atoms with Crippen LogP contribution < -0.4 is 4.72 Å². The van der Waals surface area contributed by atoms with Crippen LogP contribution in [0.1, 0.15) is 40.0 Å². The van der Waals surface area contributed by atoms with E-state index in [0.717, 1.165) is 6.42 Å². The largest absolute Gasteiger partial charge is 0.396 e. The standard InChI is InChI=1S/C11H22N2O3S/c1-4-10(8-12)17(15,16)13-9-11(2,3)6-5-7-14/h10,13-14H,4-7,9H2,1-3H3. The van der Waals surface area contributed by atoms with Crippen molar-refractivity contribution in [1.82, 2.24) is 4.72 Å². The van der Waals surface area contributed by atoms with E-state index in [1.54, 1.807) is 13.0 Å². The van der Waals surface area contributed by atoms with Crippen LogP contribution in [0.2, 0.25) is 0 Å². The van der Waals surface area contributed by atoms with Gasteiger partial charge in [0.15, 0.2) is 5.25 Å². The molecule has 0 spiro atoms. The summed E-state index contributed by atoms with van der Waals surface area (Å²) in [6, 6.07) is 1.78. The Morgan fingerprint density at radius 2 is 2.06 bits per heavy atom. The fraction of sp³-hybridized carbons (Fsp3) is 0.909. The van der Waals surface area contributed by atoms with Crippen LogP contribution in [-0.2, 0) is 10.0 Å². The van der Waals surface area contributed by atoms with Crippen molar-refractivity contribution in [1.29, 1.82) is 5.26 Å². The second-order valence-corrected chi connectivity index (χ2v) is 6.83. The molecule has 0 bridgehead atoms. The molecule has 0 aromatic heterocycles. The van der Waals surface area contributed by atoms with Gasteiger partial charge >= 0.3 is 0 Å². The minimum Gasteiger partial charge on any atom is -0.396 e. The number of nitrogens with zero attached hydrogens (tertiary/aromatic N) is 1. The normalized spacial score (nSPS) is 14.3. The predicted octanol–water partition coefficient (Wildman–Crippen LogP) is 1.01. The first kappa shape index (κ1) is 16.4. The van der Waals surface area contributed by atoms with Crippen LogP contribution >= 0.6 is 0 Å². The van der Waals surface area contributed by atoms with Gasteiger partial charge in [0.1, 0.15) is 0 Å². The van der Waals surface area contributed by atoms with E-state index in [4.69, 9.17) is 10.4 Å². The Morgan fingerprint density at radius 3 is 2.47 bits per heavy atom. The summed E-state index contributed by atoms with van der Waals surface area (Å²) in [4.78, 5) is 0. The molecule has 17 heavy (non-hydrogen) atoms. The Morgan fingerprint density at radius 1 is 1.47 bits per heavy atom. The highest BCUT2D eigenvalue weighted by Gasteiger charge is 2.26. The third-order valence-corrected chi connectivity index (χ3v) is 4.39.